The first-order chi connectivity index (χ1) is 1.73. The molecule has 0 fully saturated rings. The van der Waals surface area contributed by atoms with Crippen molar-refractivity contribution < 1.29 is 28.9 Å². The first-order valence-electron chi connectivity index (χ1n) is 0.548. The molecule has 0 saturated heterocycles. The third-order valence-corrected chi connectivity index (χ3v) is 0. The molecule has 0 bridgehead atoms. The van der Waals surface area contributed by atoms with Gasteiger partial charge < -0.3 is 6.15 Å². The Morgan fingerprint density at radius 1 is 1.40 bits per heavy atom. The van der Waals surface area contributed by atoms with Crippen LogP contribution in [0.15, 0.2) is 0 Å². The Hall–Kier alpha value is 0.260. The Morgan fingerprint density at radius 3 is 1.40 bits per heavy atom. The molecule has 0 aliphatic carbocycles. The van der Waals surface area contributed by atoms with E-state index in [1.165, 1.54) is 0 Å². The molecule has 0 aliphatic rings. The fourth-order valence-corrected chi connectivity index (χ4v) is 0. The molecule has 0 rings (SSSR count). The molecule has 0 spiro atoms. The molecule has 0 aromatic carbocycles. The van der Waals surface area contributed by atoms with Crippen LogP contribution < -0.4 is 9.77 Å². The molecule has 32 valence electrons. The van der Waals surface area contributed by atoms with E-state index < -0.39 is 18.8 Å². The van der Waals surface area contributed by atoms with Gasteiger partial charge in [0.05, 0.1) is 0 Å². The summed E-state index contributed by atoms with van der Waals surface area (Å²) in [6, 6.07) is 0. The van der Waals surface area contributed by atoms with Crippen LogP contribution in [0, 0.1) is 0 Å². The fourth-order valence-electron chi connectivity index (χ4n) is 0. The summed E-state index contributed by atoms with van der Waals surface area (Å²) in [6.07, 6.45) is 0. The average molecular weight is 159 g/mol. The molecule has 0 aliphatic heterocycles. The van der Waals surface area contributed by atoms with E-state index >= 15 is 0 Å². The molecule has 0 aromatic rings. The average Bonchev–Trinajstić information content (AvgIpc) is 0.811. The molecule has 5 heteroatoms. The van der Waals surface area contributed by atoms with Crippen LogP contribution in [0.5, 0.6) is 0 Å². The van der Waals surface area contributed by atoms with Gasteiger partial charge in [0.25, 0.3) is 0 Å². The predicted molar refractivity (Wildman–Crippen MR) is 7.36 cm³/mol. The second kappa shape index (κ2) is 4.26. The van der Waals surface area contributed by atoms with E-state index in [9.17, 15) is 0 Å². The molecule has 0 saturated carbocycles. The summed E-state index contributed by atoms with van der Waals surface area (Å²) < 4.78 is 25.8. The summed E-state index contributed by atoms with van der Waals surface area (Å²) >= 11 is -4.20. The molecule has 5 heavy (non-hydrogen) atoms. The molecule has 4 nitrogen and oxygen atoms in total. The van der Waals surface area contributed by atoms with Crippen LogP contribution in [-0.4, -0.2) is 0 Å². The van der Waals surface area contributed by atoms with Gasteiger partial charge in [0, 0.05) is 0 Å². The predicted octanol–water partition coefficient (Wildman–Crippen LogP) is -1.05. The monoisotopic (exact) mass is 159 g/mol. The zero-order valence-corrected chi connectivity index (χ0v) is 4.87. The minimum absolute atomic E-state index is 0. The van der Waals surface area contributed by atoms with E-state index in [1.807, 2.05) is 0 Å². The zero-order chi connectivity index (χ0) is 3.58. The Labute approximate surface area is 35.7 Å². The number of rotatable bonds is 0. The van der Waals surface area contributed by atoms with Crippen molar-refractivity contribution in [1.82, 2.24) is 6.15 Å². The molecule has 4 N–H and O–H groups in total. The Balaban J connectivity index is 0. The molecular formula is H4NNbO3. The van der Waals surface area contributed by atoms with Gasteiger partial charge in [-0.05, 0) is 0 Å². The summed E-state index contributed by atoms with van der Waals surface area (Å²) in [7, 11) is 0. The van der Waals surface area contributed by atoms with Gasteiger partial charge in [0.1, 0.15) is 0 Å². The van der Waals surface area contributed by atoms with Gasteiger partial charge in [-0.15, -0.1) is 0 Å². The summed E-state index contributed by atoms with van der Waals surface area (Å²) in [5, 5.41) is 0. The topological polar surface area (TPSA) is 93.7 Å². The van der Waals surface area contributed by atoms with Gasteiger partial charge >= 0.3 is 28.9 Å². The number of quaternary nitrogens is 1. The van der Waals surface area contributed by atoms with Crippen molar-refractivity contribution >= 4 is 0 Å². The van der Waals surface area contributed by atoms with Crippen molar-refractivity contribution in [3.8, 4) is 0 Å². The number of hydrogen-bond acceptors (Lipinski definition) is 3. The van der Waals surface area contributed by atoms with Crippen LogP contribution >= 0.6 is 0 Å². The second-order valence-corrected chi connectivity index (χ2v) is 1.32. The number of hydrogen-bond donors (Lipinski definition) is 1. The Morgan fingerprint density at radius 2 is 1.40 bits per heavy atom. The van der Waals surface area contributed by atoms with Crippen LogP contribution in [0.25, 0.3) is 0 Å². The SMILES string of the molecule is [NH4+].[O]=[Nb](=[O])[O-]. The fraction of sp³-hybridized carbons (Fsp3) is 0. The molecule has 0 amide bonds. The zero-order valence-electron chi connectivity index (χ0n) is 2.67. The van der Waals surface area contributed by atoms with Crippen LogP contribution in [0.2, 0.25) is 0 Å². The maximum absolute atomic E-state index is 8.60. The van der Waals surface area contributed by atoms with Crippen LogP contribution in [-0.2, 0) is 25.3 Å². The van der Waals surface area contributed by atoms with Gasteiger partial charge in [-0.3, -0.25) is 0 Å². The van der Waals surface area contributed by atoms with E-state index in [2.05, 4.69) is 0 Å². The third-order valence-electron chi connectivity index (χ3n) is 0. The van der Waals surface area contributed by atoms with Gasteiger partial charge in [0.15, 0.2) is 0 Å². The first kappa shape index (κ1) is 8.98. The van der Waals surface area contributed by atoms with Crippen molar-refractivity contribution in [3.05, 3.63) is 0 Å². The van der Waals surface area contributed by atoms with E-state index in [-0.39, 0.29) is 6.15 Å². The second-order valence-electron chi connectivity index (χ2n) is 0.224. The van der Waals surface area contributed by atoms with Gasteiger partial charge in [0.2, 0.25) is 0 Å². The summed E-state index contributed by atoms with van der Waals surface area (Å²) in [4.78, 5) is 0. The van der Waals surface area contributed by atoms with E-state index in [4.69, 9.17) is 10.1 Å². The normalized spacial score (nSPS) is 5.00. The molecule has 0 aromatic heterocycles. The van der Waals surface area contributed by atoms with Gasteiger partial charge in [-0.1, -0.05) is 0 Å². The molecular weight excluding hydrogens is 155 g/mol. The maximum atomic E-state index is 8.60. The summed E-state index contributed by atoms with van der Waals surface area (Å²) in [6.45, 7) is 0. The van der Waals surface area contributed by atoms with Gasteiger partial charge in [-0.25, -0.2) is 0 Å². The third kappa shape index (κ3) is 321. The van der Waals surface area contributed by atoms with Crippen LogP contribution in [0.3, 0.4) is 0 Å². The van der Waals surface area contributed by atoms with Crippen LogP contribution in [0.1, 0.15) is 0 Å². The standard InChI is InChI=1S/H3N.Nb.3O/h1H3;;;;/q;;;;-1/p+1. The van der Waals surface area contributed by atoms with Crippen molar-refractivity contribution in [3.63, 3.8) is 0 Å². The van der Waals surface area contributed by atoms with E-state index in [0.29, 0.717) is 0 Å². The molecule has 0 atom stereocenters. The summed E-state index contributed by atoms with van der Waals surface area (Å²) in [5.41, 5.74) is 0. The summed E-state index contributed by atoms with van der Waals surface area (Å²) in [5.74, 6) is 0. The first-order valence-corrected chi connectivity index (χ1v) is 3.24. The van der Waals surface area contributed by atoms with Crippen molar-refractivity contribution in [2.75, 3.05) is 0 Å². The molecule has 0 radical (unpaired) electrons. The van der Waals surface area contributed by atoms with Crippen molar-refractivity contribution in [2.45, 2.75) is 0 Å². The quantitative estimate of drug-likeness (QED) is 0.456. The van der Waals surface area contributed by atoms with E-state index in [0.717, 1.165) is 0 Å². The molecule has 0 heterocycles. The Bertz CT molecular complexity index is 55.3. The van der Waals surface area contributed by atoms with Crippen molar-refractivity contribution in [1.29, 1.82) is 0 Å². The minimum atomic E-state index is -4.20. The Kier molecular flexibility index (Phi) is 7.65. The van der Waals surface area contributed by atoms with E-state index in [1.54, 1.807) is 0 Å². The van der Waals surface area contributed by atoms with Gasteiger partial charge in [-0.2, -0.15) is 0 Å². The molecule has 0 unspecified atom stereocenters. The van der Waals surface area contributed by atoms with Crippen molar-refractivity contribution in [2.24, 2.45) is 0 Å². The van der Waals surface area contributed by atoms with Crippen LogP contribution in [0.4, 0.5) is 0 Å².